The second kappa shape index (κ2) is 13.7. The smallest absolute Gasteiger partial charge is 0.326 e. The highest BCUT2D eigenvalue weighted by Gasteiger charge is 2.31. The minimum absolute atomic E-state index is 0.166. The molecule has 0 bridgehead atoms. The molecule has 178 valence electrons. The molecule has 6 N–H and O–H groups in total. The molecule has 0 aromatic heterocycles. The molecule has 0 saturated carbocycles. The van der Waals surface area contributed by atoms with Crippen LogP contribution < -0.4 is 21.7 Å². The van der Waals surface area contributed by atoms with Gasteiger partial charge >= 0.3 is 5.97 Å². The largest absolute Gasteiger partial charge is 0.480 e. The Balaban J connectivity index is 3.06. The first kappa shape index (κ1) is 27.4. The number of benzene rings is 1. The molecule has 0 spiro atoms. The van der Waals surface area contributed by atoms with E-state index in [1.807, 2.05) is 36.6 Å². The highest BCUT2D eigenvalue weighted by molar-refractivity contribution is 7.98. The van der Waals surface area contributed by atoms with E-state index in [1.54, 1.807) is 13.8 Å². The maximum atomic E-state index is 13.0. The van der Waals surface area contributed by atoms with Gasteiger partial charge in [0, 0.05) is 6.42 Å². The second-order valence-electron chi connectivity index (χ2n) is 7.95. The molecule has 0 saturated heterocycles. The van der Waals surface area contributed by atoms with Crippen LogP contribution in [0.2, 0.25) is 0 Å². The van der Waals surface area contributed by atoms with E-state index in [0.29, 0.717) is 5.75 Å². The van der Waals surface area contributed by atoms with E-state index in [0.717, 1.165) is 5.56 Å². The number of carboxylic acids is 1. The quantitative estimate of drug-likeness (QED) is 0.284. The van der Waals surface area contributed by atoms with Gasteiger partial charge in [0.25, 0.3) is 0 Å². The zero-order chi connectivity index (χ0) is 24.3. The van der Waals surface area contributed by atoms with Crippen molar-refractivity contribution in [3.63, 3.8) is 0 Å². The molecule has 0 radical (unpaired) electrons. The molecule has 1 rings (SSSR count). The van der Waals surface area contributed by atoms with Crippen LogP contribution in [-0.4, -0.2) is 65.0 Å². The van der Waals surface area contributed by atoms with Crippen LogP contribution in [0.15, 0.2) is 30.3 Å². The van der Waals surface area contributed by atoms with Crippen molar-refractivity contribution in [2.75, 3.05) is 12.0 Å². The van der Waals surface area contributed by atoms with Crippen molar-refractivity contribution in [2.45, 2.75) is 57.8 Å². The van der Waals surface area contributed by atoms with Crippen LogP contribution in [0.3, 0.4) is 0 Å². The molecule has 4 unspecified atom stereocenters. The van der Waals surface area contributed by atoms with E-state index < -0.39 is 47.9 Å². The minimum atomic E-state index is -1.14. The molecule has 9 nitrogen and oxygen atoms in total. The number of carboxylic acid groups (broad SMARTS) is 1. The lowest BCUT2D eigenvalue weighted by atomic mass is 10.0. The predicted molar refractivity (Wildman–Crippen MR) is 125 cm³/mol. The highest BCUT2D eigenvalue weighted by atomic mass is 32.2. The van der Waals surface area contributed by atoms with Crippen molar-refractivity contribution >= 4 is 35.5 Å². The van der Waals surface area contributed by atoms with Crippen molar-refractivity contribution in [2.24, 2.45) is 11.7 Å². The number of hydrogen-bond donors (Lipinski definition) is 5. The molecule has 4 atom stereocenters. The van der Waals surface area contributed by atoms with Crippen molar-refractivity contribution in [1.82, 2.24) is 16.0 Å². The van der Waals surface area contributed by atoms with E-state index in [1.165, 1.54) is 18.7 Å². The Bertz CT molecular complexity index is 773. The fraction of sp³-hybridized carbons (Fsp3) is 0.545. The third-order valence-electron chi connectivity index (χ3n) is 4.80. The number of thioether (sulfide) groups is 1. The van der Waals surface area contributed by atoms with Crippen LogP contribution in [0.4, 0.5) is 0 Å². The number of nitrogens with one attached hydrogen (secondary N) is 3. The lowest BCUT2D eigenvalue weighted by molar-refractivity contribution is -0.142. The van der Waals surface area contributed by atoms with Gasteiger partial charge in [0.15, 0.2) is 0 Å². The fourth-order valence-electron chi connectivity index (χ4n) is 2.91. The molecular formula is C22H34N4O5S. The first-order chi connectivity index (χ1) is 15.1. The van der Waals surface area contributed by atoms with E-state index in [2.05, 4.69) is 16.0 Å². The van der Waals surface area contributed by atoms with Crippen LogP contribution in [0.1, 0.15) is 32.8 Å². The SMILES string of the molecule is CSCCC(NC(=O)C(Cc1ccccc1)NC(=O)C(NC(=O)C(C)N)C(C)C)C(=O)O. The Kier molecular flexibility index (Phi) is 11.8. The van der Waals surface area contributed by atoms with Crippen molar-refractivity contribution < 1.29 is 24.3 Å². The van der Waals surface area contributed by atoms with Crippen molar-refractivity contribution in [3.05, 3.63) is 35.9 Å². The summed E-state index contributed by atoms with van der Waals surface area (Å²) in [5.41, 5.74) is 6.39. The third-order valence-corrected chi connectivity index (χ3v) is 5.45. The summed E-state index contributed by atoms with van der Waals surface area (Å²) in [6, 6.07) is 5.30. The Hall–Kier alpha value is -2.59. The Morgan fingerprint density at radius 2 is 1.53 bits per heavy atom. The van der Waals surface area contributed by atoms with Crippen molar-refractivity contribution in [3.8, 4) is 0 Å². The van der Waals surface area contributed by atoms with Gasteiger partial charge in [0.2, 0.25) is 17.7 Å². The molecule has 0 aliphatic heterocycles. The standard InChI is InChI=1S/C22H34N4O5S/c1-13(2)18(26-19(27)14(3)23)21(29)25-17(12-15-8-6-5-7-9-15)20(28)24-16(22(30)31)10-11-32-4/h5-9,13-14,16-18H,10-12,23H2,1-4H3,(H,24,28)(H,25,29)(H,26,27)(H,30,31). The maximum absolute atomic E-state index is 13.0. The topological polar surface area (TPSA) is 151 Å². The lowest BCUT2D eigenvalue weighted by Gasteiger charge is -2.26. The van der Waals surface area contributed by atoms with Crippen LogP contribution >= 0.6 is 11.8 Å². The summed E-state index contributed by atoms with van der Waals surface area (Å²) in [4.78, 5) is 49.5. The number of hydrogen-bond acceptors (Lipinski definition) is 6. The van der Waals surface area contributed by atoms with Gasteiger partial charge in [-0.25, -0.2) is 4.79 Å². The van der Waals surface area contributed by atoms with E-state index in [9.17, 15) is 24.3 Å². The Labute approximate surface area is 193 Å². The van der Waals surface area contributed by atoms with Crippen molar-refractivity contribution in [1.29, 1.82) is 0 Å². The molecular weight excluding hydrogens is 432 g/mol. The van der Waals surface area contributed by atoms with Crippen LogP contribution in [0, 0.1) is 5.92 Å². The maximum Gasteiger partial charge on any atom is 0.326 e. The molecule has 0 fully saturated rings. The summed E-state index contributed by atoms with van der Waals surface area (Å²) in [5, 5.41) is 17.3. The lowest BCUT2D eigenvalue weighted by Crippen LogP contribution is -2.58. The summed E-state index contributed by atoms with van der Waals surface area (Å²) < 4.78 is 0. The predicted octanol–water partition coefficient (Wildman–Crippen LogP) is 0.524. The first-order valence-corrected chi connectivity index (χ1v) is 11.9. The molecule has 0 aliphatic carbocycles. The van der Waals surface area contributed by atoms with Crippen LogP contribution in [-0.2, 0) is 25.6 Å². The molecule has 0 heterocycles. The molecule has 1 aromatic carbocycles. The summed E-state index contributed by atoms with van der Waals surface area (Å²) >= 11 is 1.48. The Morgan fingerprint density at radius 3 is 2.03 bits per heavy atom. The van der Waals surface area contributed by atoms with Gasteiger partial charge in [-0.05, 0) is 36.8 Å². The fourth-order valence-corrected chi connectivity index (χ4v) is 3.38. The monoisotopic (exact) mass is 466 g/mol. The summed E-state index contributed by atoms with van der Waals surface area (Å²) in [5.74, 6) is -2.46. The van der Waals surface area contributed by atoms with Gasteiger partial charge in [-0.1, -0.05) is 44.2 Å². The molecule has 1 aromatic rings. The second-order valence-corrected chi connectivity index (χ2v) is 8.94. The van der Waals surface area contributed by atoms with Gasteiger partial charge in [0.05, 0.1) is 6.04 Å². The summed E-state index contributed by atoms with van der Waals surface area (Å²) in [6.45, 7) is 5.04. The summed E-state index contributed by atoms with van der Waals surface area (Å²) in [7, 11) is 0. The molecule has 3 amide bonds. The first-order valence-electron chi connectivity index (χ1n) is 10.5. The number of rotatable bonds is 13. The minimum Gasteiger partial charge on any atom is -0.480 e. The van der Waals surface area contributed by atoms with Gasteiger partial charge in [-0.3, -0.25) is 14.4 Å². The Morgan fingerprint density at radius 1 is 0.938 bits per heavy atom. The third kappa shape index (κ3) is 9.27. The number of aliphatic carboxylic acids is 1. The van der Waals surface area contributed by atoms with E-state index in [4.69, 9.17) is 5.73 Å². The average molecular weight is 467 g/mol. The van der Waals surface area contributed by atoms with Crippen LogP contribution in [0.25, 0.3) is 0 Å². The van der Waals surface area contributed by atoms with E-state index in [-0.39, 0.29) is 18.8 Å². The number of carbonyl (C=O) groups is 4. The number of amides is 3. The average Bonchev–Trinajstić information content (AvgIpc) is 2.74. The highest BCUT2D eigenvalue weighted by Crippen LogP contribution is 2.08. The molecule has 10 heteroatoms. The van der Waals surface area contributed by atoms with Crippen LogP contribution in [0.5, 0.6) is 0 Å². The van der Waals surface area contributed by atoms with Gasteiger partial charge < -0.3 is 26.8 Å². The van der Waals surface area contributed by atoms with Gasteiger partial charge in [-0.2, -0.15) is 11.8 Å². The zero-order valence-corrected chi connectivity index (χ0v) is 19.8. The number of carbonyl (C=O) groups excluding carboxylic acids is 3. The molecule has 32 heavy (non-hydrogen) atoms. The van der Waals surface area contributed by atoms with Gasteiger partial charge in [0.1, 0.15) is 18.1 Å². The molecule has 0 aliphatic rings. The summed E-state index contributed by atoms with van der Waals surface area (Å²) in [6.07, 6.45) is 2.27. The zero-order valence-electron chi connectivity index (χ0n) is 19.0. The number of nitrogens with two attached hydrogens (primary N) is 1. The normalized spacial score (nSPS) is 14.7. The van der Waals surface area contributed by atoms with Gasteiger partial charge in [-0.15, -0.1) is 0 Å². The van der Waals surface area contributed by atoms with E-state index >= 15 is 0 Å².